The molecule has 2 rings (SSSR count). The molecule has 20 heavy (non-hydrogen) atoms. The van der Waals surface area contributed by atoms with Gasteiger partial charge in [-0.2, -0.15) is 0 Å². The molecule has 2 N–H and O–H groups in total. The largest absolute Gasteiger partial charge is 0.507 e. The van der Waals surface area contributed by atoms with Crippen molar-refractivity contribution in [1.82, 2.24) is 10.2 Å². The van der Waals surface area contributed by atoms with Gasteiger partial charge in [-0.1, -0.05) is 0 Å². The van der Waals surface area contributed by atoms with Crippen LogP contribution >= 0.6 is 22.6 Å². The van der Waals surface area contributed by atoms with Crippen molar-refractivity contribution in [1.29, 1.82) is 0 Å². The van der Waals surface area contributed by atoms with Gasteiger partial charge in [0.1, 0.15) is 5.75 Å². The molecule has 1 saturated heterocycles. The highest BCUT2D eigenvalue weighted by atomic mass is 127. The number of amides is 1. The molecule has 110 valence electrons. The number of aromatic hydroxyl groups is 1. The van der Waals surface area contributed by atoms with E-state index in [4.69, 9.17) is 0 Å². The quantitative estimate of drug-likeness (QED) is 0.780. The minimum absolute atomic E-state index is 0.111. The van der Waals surface area contributed by atoms with Gasteiger partial charge in [-0.3, -0.25) is 4.79 Å². The first-order valence-corrected chi connectivity index (χ1v) is 8.06. The van der Waals surface area contributed by atoms with Crippen molar-refractivity contribution < 1.29 is 9.90 Å². The number of rotatable bonds is 4. The van der Waals surface area contributed by atoms with E-state index in [1.807, 2.05) is 22.6 Å². The van der Waals surface area contributed by atoms with Gasteiger partial charge in [-0.15, -0.1) is 0 Å². The smallest absolute Gasteiger partial charge is 0.251 e. The summed E-state index contributed by atoms with van der Waals surface area (Å²) >= 11 is 2.04. The van der Waals surface area contributed by atoms with Crippen molar-refractivity contribution in [3.63, 3.8) is 0 Å². The number of likely N-dealkylation sites (tertiary alicyclic amines) is 1. The lowest BCUT2D eigenvalue weighted by molar-refractivity contribution is 0.0946. The summed E-state index contributed by atoms with van der Waals surface area (Å²) in [5, 5.41) is 12.6. The van der Waals surface area contributed by atoms with Crippen LogP contribution in [0.3, 0.4) is 0 Å². The van der Waals surface area contributed by atoms with Crippen molar-refractivity contribution in [2.75, 3.05) is 19.6 Å². The van der Waals surface area contributed by atoms with Crippen LogP contribution in [0.5, 0.6) is 5.75 Å². The summed E-state index contributed by atoms with van der Waals surface area (Å²) in [6.07, 6.45) is 1.14. The molecular formula is C15H21IN2O2. The Labute approximate surface area is 133 Å². The van der Waals surface area contributed by atoms with Crippen molar-refractivity contribution in [3.05, 3.63) is 27.3 Å². The number of nitrogens with zero attached hydrogens (tertiary/aromatic N) is 1. The Balaban J connectivity index is 1.85. The molecule has 1 fully saturated rings. The Morgan fingerprint density at radius 3 is 2.90 bits per heavy atom. The van der Waals surface area contributed by atoms with Gasteiger partial charge in [-0.05, 0) is 73.5 Å². The fraction of sp³-hybridized carbons (Fsp3) is 0.533. The predicted molar refractivity (Wildman–Crippen MR) is 88.0 cm³/mol. The molecule has 4 nitrogen and oxygen atoms in total. The molecule has 1 unspecified atom stereocenters. The Morgan fingerprint density at radius 1 is 1.55 bits per heavy atom. The maximum absolute atomic E-state index is 12.0. The molecule has 0 radical (unpaired) electrons. The van der Waals surface area contributed by atoms with Crippen LogP contribution in [0, 0.1) is 9.49 Å². The van der Waals surface area contributed by atoms with Crippen molar-refractivity contribution in [2.24, 2.45) is 5.92 Å². The minimum atomic E-state index is -0.111. The number of hydrogen-bond donors (Lipinski definition) is 2. The molecule has 5 heteroatoms. The van der Waals surface area contributed by atoms with E-state index in [1.165, 1.54) is 6.07 Å². The normalized spacial score (nSPS) is 19.5. The van der Waals surface area contributed by atoms with Gasteiger partial charge in [0.2, 0.25) is 0 Å². The molecule has 1 aromatic rings. The zero-order valence-electron chi connectivity index (χ0n) is 11.9. The van der Waals surface area contributed by atoms with Crippen molar-refractivity contribution in [3.8, 4) is 5.75 Å². The first-order valence-electron chi connectivity index (χ1n) is 6.98. The Hall–Kier alpha value is -0.820. The van der Waals surface area contributed by atoms with E-state index in [1.54, 1.807) is 12.1 Å². The fourth-order valence-corrected chi connectivity index (χ4v) is 2.83. The summed E-state index contributed by atoms with van der Waals surface area (Å²) in [6, 6.07) is 5.59. The van der Waals surface area contributed by atoms with E-state index < -0.39 is 0 Å². The molecule has 0 spiro atoms. The standard InChI is InChI=1S/C15H21IN2O2/c1-10(2)18-6-5-11(9-18)8-17-15(20)12-3-4-13(16)14(19)7-12/h3-4,7,10-11,19H,5-6,8-9H2,1-2H3,(H,17,20). The zero-order chi connectivity index (χ0) is 14.7. The lowest BCUT2D eigenvalue weighted by atomic mass is 10.1. The first kappa shape index (κ1) is 15.6. The summed E-state index contributed by atoms with van der Waals surface area (Å²) in [7, 11) is 0. The fourth-order valence-electron chi connectivity index (χ4n) is 2.49. The van der Waals surface area contributed by atoms with Crippen LogP contribution in [0.4, 0.5) is 0 Å². The molecule has 1 aromatic carbocycles. The lowest BCUT2D eigenvalue weighted by Crippen LogP contribution is -2.32. The highest BCUT2D eigenvalue weighted by Crippen LogP contribution is 2.21. The number of carbonyl (C=O) groups excluding carboxylic acids is 1. The Bertz CT molecular complexity index is 491. The van der Waals surface area contributed by atoms with Crippen molar-refractivity contribution >= 4 is 28.5 Å². The van der Waals surface area contributed by atoms with Gasteiger partial charge in [0.15, 0.2) is 0 Å². The third-order valence-electron chi connectivity index (χ3n) is 3.81. The second-order valence-corrected chi connectivity index (χ2v) is 6.78. The molecular weight excluding hydrogens is 367 g/mol. The molecule has 1 heterocycles. The predicted octanol–water partition coefficient (Wildman–Crippen LogP) is 2.46. The number of halogens is 1. The van der Waals surface area contributed by atoms with E-state index >= 15 is 0 Å². The SMILES string of the molecule is CC(C)N1CCC(CNC(=O)c2ccc(I)c(O)c2)C1. The van der Waals surface area contributed by atoms with Crippen LogP contribution in [0.1, 0.15) is 30.6 Å². The maximum Gasteiger partial charge on any atom is 0.251 e. The minimum Gasteiger partial charge on any atom is -0.507 e. The van der Waals surface area contributed by atoms with Gasteiger partial charge in [0, 0.05) is 24.7 Å². The average Bonchev–Trinajstić information content (AvgIpc) is 2.88. The molecule has 1 aliphatic rings. The number of nitrogens with one attached hydrogen (secondary N) is 1. The summed E-state index contributed by atoms with van der Waals surface area (Å²) in [6.45, 7) is 7.28. The molecule has 1 aliphatic heterocycles. The van der Waals surface area contributed by atoms with Gasteiger partial charge < -0.3 is 15.3 Å². The molecule has 1 atom stereocenters. The number of benzene rings is 1. The summed E-state index contributed by atoms with van der Waals surface area (Å²) < 4.78 is 0.752. The second-order valence-electron chi connectivity index (χ2n) is 5.62. The van der Waals surface area contributed by atoms with Crippen LogP contribution in [0.25, 0.3) is 0 Å². The van der Waals surface area contributed by atoms with Crippen LogP contribution in [0.2, 0.25) is 0 Å². The van der Waals surface area contributed by atoms with Gasteiger partial charge >= 0.3 is 0 Å². The Morgan fingerprint density at radius 2 is 2.30 bits per heavy atom. The van der Waals surface area contributed by atoms with E-state index in [2.05, 4.69) is 24.1 Å². The molecule has 0 bridgehead atoms. The second kappa shape index (κ2) is 6.76. The van der Waals surface area contributed by atoms with E-state index in [-0.39, 0.29) is 11.7 Å². The topological polar surface area (TPSA) is 52.6 Å². The summed E-state index contributed by atoms with van der Waals surface area (Å²) in [4.78, 5) is 14.5. The number of carbonyl (C=O) groups is 1. The first-order chi connectivity index (χ1) is 9.47. The van der Waals surface area contributed by atoms with Crippen LogP contribution < -0.4 is 5.32 Å². The number of hydrogen-bond acceptors (Lipinski definition) is 3. The van der Waals surface area contributed by atoms with Crippen molar-refractivity contribution in [2.45, 2.75) is 26.3 Å². The highest BCUT2D eigenvalue weighted by Gasteiger charge is 2.24. The molecule has 0 aliphatic carbocycles. The van der Waals surface area contributed by atoms with E-state index in [0.29, 0.717) is 24.1 Å². The number of phenols is 1. The molecule has 0 aromatic heterocycles. The lowest BCUT2D eigenvalue weighted by Gasteiger charge is -2.20. The van der Waals surface area contributed by atoms with E-state index in [9.17, 15) is 9.90 Å². The van der Waals surface area contributed by atoms with Gasteiger partial charge in [0.25, 0.3) is 5.91 Å². The van der Waals surface area contributed by atoms with Gasteiger partial charge in [-0.25, -0.2) is 0 Å². The van der Waals surface area contributed by atoms with Crippen LogP contribution in [-0.4, -0.2) is 41.6 Å². The molecule has 0 saturated carbocycles. The average molecular weight is 388 g/mol. The number of phenolic OH excluding ortho intramolecular Hbond substituents is 1. The van der Waals surface area contributed by atoms with Crippen LogP contribution in [0.15, 0.2) is 18.2 Å². The summed E-state index contributed by atoms with van der Waals surface area (Å²) in [5.74, 6) is 0.573. The highest BCUT2D eigenvalue weighted by molar-refractivity contribution is 14.1. The monoisotopic (exact) mass is 388 g/mol. The molecule has 1 amide bonds. The van der Waals surface area contributed by atoms with Crippen LogP contribution in [-0.2, 0) is 0 Å². The van der Waals surface area contributed by atoms with E-state index in [0.717, 1.165) is 23.1 Å². The maximum atomic E-state index is 12.0. The Kier molecular flexibility index (Phi) is 5.26. The van der Waals surface area contributed by atoms with Gasteiger partial charge in [0.05, 0.1) is 3.57 Å². The third-order valence-corrected chi connectivity index (χ3v) is 4.72. The summed E-state index contributed by atoms with van der Waals surface area (Å²) in [5.41, 5.74) is 0.515. The zero-order valence-corrected chi connectivity index (χ0v) is 14.1. The third kappa shape index (κ3) is 3.85.